The van der Waals surface area contributed by atoms with Crippen LogP contribution in [0.2, 0.25) is 0 Å². The summed E-state index contributed by atoms with van der Waals surface area (Å²) in [5, 5.41) is 7.49. The maximum absolute atomic E-state index is 12.0. The third-order valence-electron chi connectivity index (χ3n) is 4.03. The van der Waals surface area contributed by atoms with Gasteiger partial charge in [0, 0.05) is 10.9 Å². The van der Waals surface area contributed by atoms with E-state index in [0.29, 0.717) is 29.8 Å². The van der Waals surface area contributed by atoms with E-state index < -0.39 is 6.04 Å². The van der Waals surface area contributed by atoms with Crippen molar-refractivity contribution in [2.24, 2.45) is 11.7 Å². The van der Waals surface area contributed by atoms with Gasteiger partial charge in [-0.2, -0.15) is 0 Å². The maximum atomic E-state index is 12.0. The molecule has 2 aromatic rings. The number of amides is 2. The third kappa shape index (κ3) is 5.34. The first kappa shape index (κ1) is 21.9. The fourth-order valence-electron chi connectivity index (χ4n) is 2.42. The van der Waals surface area contributed by atoms with E-state index in [9.17, 15) is 9.59 Å². The van der Waals surface area contributed by atoms with Crippen LogP contribution < -0.4 is 25.8 Å². The molecule has 8 nitrogen and oxygen atoms in total. The minimum atomic E-state index is -0.639. The highest BCUT2D eigenvalue weighted by Gasteiger charge is 2.18. The number of aromatic nitrogens is 1. The molecular formula is C18H23ClN4O4S. The van der Waals surface area contributed by atoms with Gasteiger partial charge >= 0.3 is 0 Å². The van der Waals surface area contributed by atoms with Crippen LogP contribution in [0, 0.1) is 5.92 Å². The fourth-order valence-corrected chi connectivity index (χ4v) is 3.15. The number of rotatable bonds is 6. The van der Waals surface area contributed by atoms with Gasteiger partial charge in [-0.1, -0.05) is 13.8 Å². The summed E-state index contributed by atoms with van der Waals surface area (Å²) in [5.41, 5.74) is 7.33. The van der Waals surface area contributed by atoms with Crippen LogP contribution in [0.3, 0.4) is 0 Å². The average Bonchev–Trinajstić information content (AvgIpc) is 3.13. The van der Waals surface area contributed by atoms with Crippen LogP contribution >= 0.6 is 23.7 Å². The number of halogens is 1. The lowest BCUT2D eigenvalue weighted by atomic mass is 10.1. The Bertz CT molecular complexity index is 843. The summed E-state index contributed by atoms with van der Waals surface area (Å²) in [4.78, 5) is 28.2. The molecule has 0 unspecified atom stereocenters. The monoisotopic (exact) mass is 426 g/mol. The molecule has 1 aromatic heterocycles. The van der Waals surface area contributed by atoms with Crippen LogP contribution in [0.25, 0.3) is 11.3 Å². The summed E-state index contributed by atoms with van der Waals surface area (Å²) in [7, 11) is 0. The van der Waals surface area contributed by atoms with Crippen LogP contribution in [0.1, 0.15) is 13.8 Å². The van der Waals surface area contributed by atoms with Gasteiger partial charge in [0.2, 0.25) is 11.8 Å². The molecule has 4 N–H and O–H groups in total. The molecule has 1 aromatic carbocycles. The van der Waals surface area contributed by atoms with E-state index in [-0.39, 0.29) is 36.7 Å². The second-order valence-electron chi connectivity index (χ2n) is 6.43. The molecule has 152 valence electrons. The largest absolute Gasteiger partial charge is 0.486 e. The van der Waals surface area contributed by atoms with Crippen molar-refractivity contribution in [1.29, 1.82) is 0 Å². The zero-order valence-electron chi connectivity index (χ0n) is 15.6. The van der Waals surface area contributed by atoms with Crippen LogP contribution in [-0.2, 0) is 9.59 Å². The zero-order chi connectivity index (χ0) is 19.4. The highest BCUT2D eigenvalue weighted by Crippen LogP contribution is 2.35. The summed E-state index contributed by atoms with van der Waals surface area (Å²) in [5.74, 6) is 0.685. The lowest BCUT2D eigenvalue weighted by molar-refractivity contribution is -0.125. The predicted molar refractivity (Wildman–Crippen MR) is 110 cm³/mol. The molecule has 0 radical (unpaired) electrons. The summed E-state index contributed by atoms with van der Waals surface area (Å²) >= 11 is 1.30. The number of carbonyl (C=O) groups is 2. The maximum Gasteiger partial charge on any atom is 0.245 e. The minimum Gasteiger partial charge on any atom is -0.486 e. The Hall–Kier alpha value is -2.36. The molecule has 2 amide bonds. The first-order valence-corrected chi connectivity index (χ1v) is 9.50. The van der Waals surface area contributed by atoms with E-state index in [0.717, 1.165) is 11.3 Å². The average molecular weight is 427 g/mol. The highest BCUT2D eigenvalue weighted by atomic mass is 35.5. The van der Waals surface area contributed by atoms with Gasteiger partial charge in [0.15, 0.2) is 16.6 Å². The number of thiazole rings is 1. The van der Waals surface area contributed by atoms with Crippen molar-refractivity contribution in [3.63, 3.8) is 0 Å². The molecule has 0 saturated heterocycles. The summed E-state index contributed by atoms with van der Waals surface area (Å²) < 4.78 is 11.1. The van der Waals surface area contributed by atoms with Crippen LogP contribution in [0.15, 0.2) is 23.6 Å². The summed E-state index contributed by atoms with van der Waals surface area (Å²) in [6.07, 6.45) is 0. The number of hydrogen-bond acceptors (Lipinski definition) is 7. The van der Waals surface area contributed by atoms with Crippen molar-refractivity contribution in [3.05, 3.63) is 23.6 Å². The van der Waals surface area contributed by atoms with Gasteiger partial charge in [0.1, 0.15) is 13.2 Å². The van der Waals surface area contributed by atoms with E-state index in [4.69, 9.17) is 15.2 Å². The molecule has 1 atom stereocenters. The Kier molecular flexibility index (Phi) is 7.61. The third-order valence-corrected chi connectivity index (χ3v) is 4.79. The van der Waals surface area contributed by atoms with Crippen LogP contribution in [0.5, 0.6) is 11.5 Å². The SMILES string of the molecule is CC(C)[C@H](N)C(=O)NCC(=O)Nc1nc(-c2ccc3c(c2)OCCO3)cs1.Cl. The first-order valence-electron chi connectivity index (χ1n) is 8.62. The van der Waals surface area contributed by atoms with E-state index in [1.807, 2.05) is 37.4 Å². The predicted octanol–water partition coefficient (Wildman–Crippen LogP) is 2.04. The van der Waals surface area contributed by atoms with Crippen molar-refractivity contribution < 1.29 is 19.1 Å². The number of anilines is 1. The number of nitrogens with zero attached hydrogens (tertiary/aromatic N) is 1. The number of hydrogen-bond donors (Lipinski definition) is 3. The Morgan fingerprint density at radius 1 is 1.25 bits per heavy atom. The molecule has 1 aliphatic heterocycles. The molecule has 0 spiro atoms. The molecule has 28 heavy (non-hydrogen) atoms. The normalized spacial score (nSPS) is 13.4. The topological polar surface area (TPSA) is 116 Å². The Morgan fingerprint density at radius 2 is 1.96 bits per heavy atom. The minimum absolute atomic E-state index is 0. The highest BCUT2D eigenvalue weighted by molar-refractivity contribution is 7.14. The Labute approximate surface area is 173 Å². The van der Waals surface area contributed by atoms with E-state index >= 15 is 0 Å². The van der Waals surface area contributed by atoms with Gasteiger partial charge in [0.05, 0.1) is 18.3 Å². The zero-order valence-corrected chi connectivity index (χ0v) is 17.2. The molecule has 0 saturated carbocycles. The molecule has 3 rings (SSSR count). The molecule has 0 fully saturated rings. The van der Waals surface area contributed by atoms with Crippen molar-refractivity contribution in [2.45, 2.75) is 19.9 Å². The number of benzene rings is 1. The molecule has 0 bridgehead atoms. The summed E-state index contributed by atoms with van der Waals surface area (Å²) in [6, 6.07) is 4.96. The second-order valence-corrected chi connectivity index (χ2v) is 7.29. The fraction of sp³-hybridized carbons (Fsp3) is 0.389. The van der Waals surface area contributed by atoms with Gasteiger partial charge in [0.25, 0.3) is 0 Å². The first-order chi connectivity index (χ1) is 12.9. The Morgan fingerprint density at radius 3 is 2.68 bits per heavy atom. The van der Waals surface area contributed by atoms with E-state index in [1.165, 1.54) is 11.3 Å². The number of fused-ring (bicyclic) bond motifs is 1. The van der Waals surface area contributed by atoms with Gasteiger partial charge in [-0.15, -0.1) is 23.7 Å². The number of nitrogens with two attached hydrogens (primary N) is 1. The van der Waals surface area contributed by atoms with Crippen molar-refractivity contribution in [1.82, 2.24) is 10.3 Å². The van der Waals surface area contributed by atoms with Crippen molar-refractivity contribution in [3.8, 4) is 22.8 Å². The standard InChI is InChI=1S/C18H22N4O4S.ClH/c1-10(2)16(19)17(24)20-8-15(23)22-18-21-12(9-27-18)11-3-4-13-14(7-11)26-6-5-25-13;/h3-4,7,9-10,16H,5-6,8,19H2,1-2H3,(H,20,24)(H,21,22,23);1H/t16-;/m0./s1. The smallest absolute Gasteiger partial charge is 0.245 e. The van der Waals surface area contributed by atoms with Crippen molar-refractivity contribution >= 4 is 40.7 Å². The summed E-state index contributed by atoms with van der Waals surface area (Å²) in [6.45, 7) is 4.59. The molecule has 2 heterocycles. The molecular weight excluding hydrogens is 404 g/mol. The molecule has 0 aliphatic carbocycles. The number of nitrogens with one attached hydrogen (secondary N) is 2. The number of carbonyl (C=O) groups excluding carboxylic acids is 2. The number of ether oxygens (including phenoxy) is 2. The van der Waals surface area contributed by atoms with Gasteiger partial charge in [-0.05, 0) is 24.1 Å². The van der Waals surface area contributed by atoms with E-state index in [2.05, 4.69) is 15.6 Å². The van der Waals surface area contributed by atoms with Crippen LogP contribution in [0.4, 0.5) is 5.13 Å². The van der Waals surface area contributed by atoms with Crippen molar-refractivity contribution in [2.75, 3.05) is 25.1 Å². The Balaban J connectivity index is 0.00000280. The molecule has 10 heteroatoms. The lowest BCUT2D eigenvalue weighted by Crippen LogP contribution is -2.46. The van der Waals surface area contributed by atoms with Gasteiger partial charge in [-0.3, -0.25) is 9.59 Å². The van der Waals surface area contributed by atoms with Crippen LogP contribution in [-0.4, -0.2) is 42.6 Å². The van der Waals surface area contributed by atoms with E-state index in [1.54, 1.807) is 0 Å². The molecule has 1 aliphatic rings. The van der Waals surface area contributed by atoms with Gasteiger partial charge < -0.3 is 25.8 Å². The lowest BCUT2D eigenvalue weighted by Gasteiger charge is -2.18. The quantitative estimate of drug-likeness (QED) is 0.651. The second kappa shape index (κ2) is 9.72. The van der Waals surface area contributed by atoms with Gasteiger partial charge in [-0.25, -0.2) is 4.98 Å².